The van der Waals surface area contributed by atoms with Gasteiger partial charge in [-0.3, -0.25) is 4.79 Å². The minimum absolute atomic E-state index is 0.117. The summed E-state index contributed by atoms with van der Waals surface area (Å²) < 4.78 is 7.80. The molecule has 0 N–H and O–H groups in total. The number of aromatic nitrogens is 4. The third-order valence-corrected chi connectivity index (χ3v) is 6.32. The molecule has 3 aromatic rings. The molecule has 7 nitrogen and oxygen atoms in total. The first-order chi connectivity index (χ1) is 13.3. The number of oxazole rings is 1. The maximum absolute atomic E-state index is 12.7. The number of amides is 1. The lowest BCUT2D eigenvalue weighted by Gasteiger charge is -2.31. The molecule has 2 aliphatic heterocycles. The number of fused-ring (bicyclic) bond motifs is 1. The fourth-order valence-electron chi connectivity index (χ4n) is 4.03. The Kier molecular flexibility index (Phi) is 4.27. The van der Waals surface area contributed by atoms with Crippen molar-refractivity contribution >= 4 is 17.2 Å². The number of aryl methyl sites for hydroxylation is 1. The summed E-state index contributed by atoms with van der Waals surface area (Å²) in [5, 5.41) is 10.7. The molecule has 3 aromatic heterocycles. The topological polar surface area (TPSA) is 77.1 Å². The van der Waals surface area contributed by atoms with Crippen molar-refractivity contribution in [1.82, 2.24) is 24.6 Å². The van der Waals surface area contributed by atoms with Crippen LogP contribution in [0.1, 0.15) is 42.5 Å². The molecule has 0 aliphatic carbocycles. The van der Waals surface area contributed by atoms with Gasteiger partial charge in [0.2, 0.25) is 11.8 Å². The molecular weight excluding hydrogens is 362 g/mol. The van der Waals surface area contributed by atoms with Gasteiger partial charge in [0.1, 0.15) is 17.9 Å². The summed E-state index contributed by atoms with van der Waals surface area (Å²) in [5.41, 5.74) is 0.695. The predicted molar refractivity (Wildman–Crippen MR) is 100 cm³/mol. The minimum Gasteiger partial charge on any atom is -0.444 e. The molecule has 5 rings (SSSR count). The summed E-state index contributed by atoms with van der Waals surface area (Å²) in [6, 6.07) is 3.93. The number of hydrogen-bond donors (Lipinski definition) is 0. The summed E-state index contributed by atoms with van der Waals surface area (Å²) in [5.74, 6) is 3.35. The number of carbonyl (C=O) groups excluding carboxylic acids is 1. The Morgan fingerprint density at radius 1 is 1.26 bits per heavy atom. The number of carbonyl (C=O) groups is 1. The lowest BCUT2D eigenvalue weighted by molar-refractivity contribution is -0.131. The van der Waals surface area contributed by atoms with E-state index in [1.807, 2.05) is 22.4 Å². The number of rotatable bonds is 4. The fraction of sp³-hybridized carbons (Fsp3) is 0.474. The predicted octanol–water partition coefficient (Wildman–Crippen LogP) is 2.89. The Balaban J connectivity index is 1.19. The number of hydrogen-bond acceptors (Lipinski definition) is 6. The van der Waals surface area contributed by atoms with Crippen LogP contribution < -0.4 is 0 Å². The molecule has 0 radical (unpaired) electrons. The van der Waals surface area contributed by atoms with Gasteiger partial charge in [-0.15, -0.1) is 21.5 Å². The van der Waals surface area contributed by atoms with Gasteiger partial charge >= 0.3 is 0 Å². The first kappa shape index (κ1) is 16.7. The van der Waals surface area contributed by atoms with E-state index in [1.165, 1.54) is 6.42 Å². The van der Waals surface area contributed by atoms with Crippen LogP contribution >= 0.6 is 11.3 Å². The van der Waals surface area contributed by atoms with Gasteiger partial charge in [-0.25, -0.2) is 4.98 Å². The summed E-state index contributed by atoms with van der Waals surface area (Å²) in [7, 11) is 0. The number of piperidine rings is 1. The highest BCUT2D eigenvalue weighted by molar-refractivity contribution is 7.13. The van der Waals surface area contributed by atoms with Crippen molar-refractivity contribution in [3.05, 3.63) is 41.1 Å². The average Bonchev–Trinajstić information content (AvgIpc) is 3.45. The lowest BCUT2D eigenvalue weighted by atomic mass is 9.95. The Morgan fingerprint density at radius 2 is 2.15 bits per heavy atom. The van der Waals surface area contributed by atoms with Crippen LogP contribution in [0.4, 0.5) is 0 Å². The molecule has 1 amide bonds. The molecule has 1 fully saturated rings. The highest BCUT2D eigenvalue weighted by Crippen LogP contribution is 2.30. The van der Waals surface area contributed by atoms with E-state index in [4.69, 9.17) is 4.42 Å². The second-order valence-corrected chi connectivity index (χ2v) is 8.13. The van der Waals surface area contributed by atoms with Crippen molar-refractivity contribution in [3.8, 4) is 10.8 Å². The smallest absolute Gasteiger partial charge is 0.236 e. The molecule has 8 heteroatoms. The average molecular weight is 383 g/mol. The Morgan fingerprint density at radius 3 is 2.96 bits per heavy atom. The molecule has 1 saturated heterocycles. The molecule has 0 atom stereocenters. The number of nitrogens with zero attached hydrogens (tertiary/aromatic N) is 5. The molecule has 0 aromatic carbocycles. The zero-order valence-electron chi connectivity index (χ0n) is 15.0. The molecular formula is C19H21N5O2S. The summed E-state index contributed by atoms with van der Waals surface area (Å²) in [4.78, 5) is 20.0. The third kappa shape index (κ3) is 3.18. The summed E-state index contributed by atoms with van der Waals surface area (Å²) in [6.07, 6.45) is 5.99. The van der Waals surface area contributed by atoms with Gasteiger partial charge in [-0.1, -0.05) is 6.07 Å². The molecule has 2 aliphatic rings. The van der Waals surface area contributed by atoms with E-state index in [0.717, 1.165) is 55.4 Å². The molecule has 140 valence electrons. The molecule has 0 saturated carbocycles. The van der Waals surface area contributed by atoms with E-state index < -0.39 is 0 Å². The summed E-state index contributed by atoms with van der Waals surface area (Å²) in [6.45, 7) is 2.57. The van der Waals surface area contributed by atoms with Gasteiger partial charge in [-0.2, -0.15) is 0 Å². The van der Waals surface area contributed by atoms with E-state index in [1.54, 1.807) is 17.6 Å². The maximum atomic E-state index is 12.7. The van der Waals surface area contributed by atoms with E-state index >= 15 is 0 Å². The first-order valence-corrected chi connectivity index (χ1v) is 10.3. The van der Waals surface area contributed by atoms with Crippen molar-refractivity contribution in [1.29, 1.82) is 0 Å². The van der Waals surface area contributed by atoms with Crippen LogP contribution in [-0.4, -0.2) is 43.6 Å². The fourth-order valence-corrected chi connectivity index (χ4v) is 4.69. The highest BCUT2D eigenvalue weighted by Gasteiger charge is 2.29. The Labute approximate surface area is 161 Å². The molecule has 0 unspecified atom stereocenters. The molecule has 0 spiro atoms. The van der Waals surface area contributed by atoms with Gasteiger partial charge < -0.3 is 13.9 Å². The van der Waals surface area contributed by atoms with E-state index in [2.05, 4.69) is 19.7 Å². The lowest BCUT2D eigenvalue weighted by Crippen LogP contribution is -2.39. The van der Waals surface area contributed by atoms with Crippen LogP contribution in [0, 0.1) is 0 Å². The standard InChI is InChI=1S/C19H21N5O2S/c25-17(11-14-12-26-19(20-14)15-3-2-10-27-15)23-8-5-13(6-9-23)18-22-21-16-4-1-7-24(16)18/h2-3,10,12-13H,1,4-9,11H2. The van der Waals surface area contributed by atoms with Gasteiger partial charge in [-0.05, 0) is 30.7 Å². The van der Waals surface area contributed by atoms with Crippen LogP contribution in [0.3, 0.4) is 0 Å². The van der Waals surface area contributed by atoms with Crippen molar-refractivity contribution < 1.29 is 9.21 Å². The zero-order chi connectivity index (χ0) is 18.2. The van der Waals surface area contributed by atoms with E-state index in [9.17, 15) is 4.79 Å². The monoisotopic (exact) mass is 383 g/mol. The van der Waals surface area contributed by atoms with Crippen molar-refractivity contribution in [2.24, 2.45) is 0 Å². The molecule has 0 bridgehead atoms. The second kappa shape index (κ2) is 6.92. The number of thiophene rings is 1. The third-order valence-electron chi connectivity index (χ3n) is 5.47. The maximum Gasteiger partial charge on any atom is 0.236 e. The largest absolute Gasteiger partial charge is 0.444 e. The molecule has 27 heavy (non-hydrogen) atoms. The molecule has 5 heterocycles. The number of likely N-dealkylation sites (tertiary alicyclic amines) is 1. The van der Waals surface area contributed by atoms with Crippen LogP contribution in [0.15, 0.2) is 28.2 Å². The SMILES string of the molecule is O=C(Cc1coc(-c2cccs2)n1)N1CCC(c2nnc3n2CCC3)CC1. The first-order valence-electron chi connectivity index (χ1n) is 9.46. The van der Waals surface area contributed by atoms with Crippen molar-refractivity contribution in [2.45, 2.75) is 44.6 Å². The highest BCUT2D eigenvalue weighted by atomic mass is 32.1. The second-order valence-electron chi connectivity index (χ2n) is 7.18. The van der Waals surface area contributed by atoms with Crippen LogP contribution in [0.5, 0.6) is 0 Å². The minimum atomic E-state index is 0.117. The van der Waals surface area contributed by atoms with Gasteiger partial charge in [0.15, 0.2) is 0 Å². The van der Waals surface area contributed by atoms with E-state index in [0.29, 0.717) is 23.9 Å². The van der Waals surface area contributed by atoms with Crippen LogP contribution in [0.2, 0.25) is 0 Å². The zero-order valence-corrected chi connectivity index (χ0v) is 15.8. The van der Waals surface area contributed by atoms with Crippen molar-refractivity contribution in [2.75, 3.05) is 13.1 Å². The van der Waals surface area contributed by atoms with Gasteiger partial charge in [0, 0.05) is 32.0 Å². The van der Waals surface area contributed by atoms with Gasteiger partial charge in [0.25, 0.3) is 0 Å². The van der Waals surface area contributed by atoms with Crippen LogP contribution in [-0.2, 0) is 24.2 Å². The summed E-state index contributed by atoms with van der Waals surface area (Å²) >= 11 is 1.58. The Bertz CT molecular complexity index is 937. The quantitative estimate of drug-likeness (QED) is 0.692. The van der Waals surface area contributed by atoms with Gasteiger partial charge in [0.05, 0.1) is 17.0 Å². The normalized spacial score (nSPS) is 17.4. The van der Waals surface area contributed by atoms with Crippen molar-refractivity contribution in [3.63, 3.8) is 0 Å². The van der Waals surface area contributed by atoms with Crippen LogP contribution in [0.25, 0.3) is 10.8 Å². The van der Waals surface area contributed by atoms with E-state index in [-0.39, 0.29) is 5.91 Å². The Hall–Kier alpha value is -2.48.